The third-order valence-corrected chi connectivity index (χ3v) is 9.76. The van der Waals surface area contributed by atoms with E-state index >= 15 is 0 Å². The van der Waals surface area contributed by atoms with E-state index in [9.17, 15) is 18.7 Å². The van der Waals surface area contributed by atoms with Crippen LogP contribution in [0.15, 0.2) is 27.2 Å². The zero-order valence-electron chi connectivity index (χ0n) is 22.3. The van der Waals surface area contributed by atoms with E-state index in [1.165, 1.54) is 19.9 Å². The number of carbonyl (C=O) groups is 1. The molecule has 4 fully saturated rings. The van der Waals surface area contributed by atoms with Crippen LogP contribution >= 0.6 is 15.9 Å². The second-order valence-electron chi connectivity index (χ2n) is 12.6. The third kappa shape index (κ3) is 5.48. The van der Waals surface area contributed by atoms with Crippen molar-refractivity contribution < 1.29 is 23.2 Å². The van der Waals surface area contributed by atoms with Crippen molar-refractivity contribution in [2.75, 3.05) is 11.4 Å². The van der Waals surface area contributed by atoms with Gasteiger partial charge in [-0.3, -0.25) is 4.90 Å². The summed E-state index contributed by atoms with van der Waals surface area (Å²) < 4.78 is 34.0. The summed E-state index contributed by atoms with van der Waals surface area (Å²) in [7, 11) is 0. The van der Waals surface area contributed by atoms with Crippen molar-refractivity contribution in [3.8, 4) is 0 Å². The third-order valence-electron chi connectivity index (χ3n) is 9.15. The number of aromatic nitrogens is 2. The molecule has 0 spiro atoms. The standard InChI is InChI=1S/C28H37BrF2N4O3/c1-25(2,31)23-33-22(34-38-23)28-13-10-27(11-14-28,12-15-28)17-35(19-4-5-21(30)20(29)16-19)24(36)32-18-6-8-26(3,37)9-7-18/h4-5,16,18,37H,6-15,17H2,1-3H3,(H,32,36). The number of nitrogens with one attached hydrogen (secondary N) is 1. The topological polar surface area (TPSA) is 91.5 Å². The second-order valence-corrected chi connectivity index (χ2v) is 13.4. The number of anilines is 1. The normalized spacial score (nSPS) is 31.3. The maximum atomic E-state index is 14.4. The molecule has 0 saturated heterocycles. The number of nitrogens with zero attached hydrogens (tertiary/aromatic N) is 3. The minimum atomic E-state index is -1.68. The van der Waals surface area contributed by atoms with Gasteiger partial charge in [0.1, 0.15) is 5.82 Å². The lowest BCUT2D eigenvalue weighted by Gasteiger charge is -2.53. The lowest BCUT2D eigenvalue weighted by atomic mass is 9.53. The molecule has 4 saturated carbocycles. The van der Waals surface area contributed by atoms with Gasteiger partial charge in [-0.05, 0) is 125 Å². The second kappa shape index (κ2) is 9.84. The molecular weight excluding hydrogens is 558 g/mol. The fraction of sp³-hybridized carbons (Fsp3) is 0.679. The largest absolute Gasteiger partial charge is 0.390 e. The fourth-order valence-electron chi connectivity index (χ4n) is 6.42. The fourth-order valence-corrected chi connectivity index (χ4v) is 6.79. The van der Waals surface area contributed by atoms with Crippen molar-refractivity contribution in [2.45, 2.75) is 108 Å². The molecule has 1 aromatic carbocycles. The minimum absolute atomic E-state index is 0.0100. The number of alkyl halides is 1. The molecule has 10 heteroatoms. The van der Waals surface area contributed by atoms with Crippen LogP contribution in [0.3, 0.4) is 0 Å². The van der Waals surface area contributed by atoms with Gasteiger partial charge in [0.05, 0.1) is 10.1 Å². The molecule has 38 heavy (non-hydrogen) atoms. The Morgan fingerprint density at radius 3 is 2.37 bits per heavy atom. The molecule has 0 unspecified atom stereocenters. The molecule has 2 N–H and O–H groups in total. The van der Waals surface area contributed by atoms with Crippen molar-refractivity contribution in [3.63, 3.8) is 0 Å². The number of hydrogen-bond acceptors (Lipinski definition) is 5. The highest BCUT2D eigenvalue weighted by molar-refractivity contribution is 9.10. The molecule has 2 amide bonds. The van der Waals surface area contributed by atoms with E-state index in [2.05, 4.69) is 31.4 Å². The van der Waals surface area contributed by atoms with Crippen LogP contribution in [0.2, 0.25) is 0 Å². The number of amides is 2. The Morgan fingerprint density at radius 1 is 1.18 bits per heavy atom. The minimum Gasteiger partial charge on any atom is -0.390 e. The summed E-state index contributed by atoms with van der Waals surface area (Å²) >= 11 is 3.28. The molecule has 208 valence electrons. The Hall–Kier alpha value is -2.07. The predicted octanol–water partition coefficient (Wildman–Crippen LogP) is 6.68. The SMILES string of the molecule is CC1(O)CCC(NC(=O)N(CC23CCC(c4noc(C(C)(C)F)n4)(CC2)CC3)c2ccc(F)c(Br)c2)CC1. The van der Waals surface area contributed by atoms with Gasteiger partial charge in [-0.15, -0.1) is 0 Å². The predicted molar refractivity (Wildman–Crippen MR) is 143 cm³/mol. The summed E-state index contributed by atoms with van der Waals surface area (Å²) in [6.07, 6.45) is 7.91. The van der Waals surface area contributed by atoms with Gasteiger partial charge >= 0.3 is 6.03 Å². The number of fused-ring (bicyclic) bond motifs is 3. The van der Waals surface area contributed by atoms with Crippen molar-refractivity contribution in [1.29, 1.82) is 0 Å². The van der Waals surface area contributed by atoms with E-state index in [0.29, 0.717) is 35.4 Å². The lowest BCUT2D eigenvalue weighted by molar-refractivity contribution is 0.0151. The monoisotopic (exact) mass is 594 g/mol. The van der Waals surface area contributed by atoms with Gasteiger partial charge in [0.2, 0.25) is 0 Å². The molecule has 4 aliphatic rings. The van der Waals surface area contributed by atoms with Gasteiger partial charge in [-0.2, -0.15) is 4.98 Å². The number of hydrogen-bond donors (Lipinski definition) is 2. The molecule has 7 nitrogen and oxygen atoms in total. The summed E-state index contributed by atoms with van der Waals surface area (Å²) in [5, 5.41) is 17.7. The number of rotatable bonds is 6. The number of urea groups is 1. The Kier molecular flexibility index (Phi) is 7.12. The summed E-state index contributed by atoms with van der Waals surface area (Å²) in [6, 6.07) is 4.48. The maximum Gasteiger partial charge on any atom is 0.322 e. The van der Waals surface area contributed by atoms with Gasteiger partial charge in [0, 0.05) is 23.7 Å². The molecule has 1 aromatic heterocycles. The molecule has 1 heterocycles. The molecule has 2 bridgehead atoms. The van der Waals surface area contributed by atoms with Crippen LogP contribution in [0.1, 0.15) is 96.7 Å². The van der Waals surface area contributed by atoms with Gasteiger partial charge in [-0.25, -0.2) is 13.6 Å². The van der Waals surface area contributed by atoms with E-state index < -0.39 is 11.3 Å². The van der Waals surface area contributed by atoms with Crippen LogP contribution in [0, 0.1) is 11.2 Å². The van der Waals surface area contributed by atoms with Gasteiger partial charge in [-0.1, -0.05) is 5.16 Å². The average Bonchev–Trinajstić information content (AvgIpc) is 3.39. The highest BCUT2D eigenvalue weighted by Crippen LogP contribution is 2.57. The van der Waals surface area contributed by atoms with Crippen LogP contribution in [-0.4, -0.2) is 39.5 Å². The zero-order valence-corrected chi connectivity index (χ0v) is 23.9. The summed E-state index contributed by atoms with van der Waals surface area (Å²) in [4.78, 5) is 19.9. The van der Waals surface area contributed by atoms with Crippen LogP contribution < -0.4 is 10.2 Å². The Bertz CT molecular complexity index is 1160. The average molecular weight is 596 g/mol. The first-order valence-electron chi connectivity index (χ1n) is 13.6. The van der Waals surface area contributed by atoms with Crippen molar-refractivity contribution in [3.05, 3.63) is 40.2 Å². The van der Waals surface area contributed by atoms with E-state index in [0.717, 1.165) is 51.4 Å². The number of aliphatic hydroxyl groups is 1. The Balaban J connectivity index is 1.33. The molecule has 4 aliphatic carbocycles. The first-order chi connectivity index (χ1) is 17.8. The van der Waals surface area contributed by atoms with Crippen LogP contribution in [0.4, 0.5) is 19.3 Å². The van der Waals surface area contributed by atoms with Crippen LogP contribution in [-0.2, 0) is 11.1 Å². The highest BCUT2D eigenvalue weighted by Gasteiger charge is 2.53. The van der Waals surface area contributed by atoms with E-state index in [1.807, 2.05) is 6.92 Å². The van der Waals surface area contributed by atoms with E-state index in [1.54, 1.807) is 17.0 Å². The van der Waals surface area contributed by atoms with Gasteiger partial charge < -0.3 is 14.9 Å². The first-order valence-corrected chi connectivity index (χ1v) is 14.4. The van der Waals surface area contributed by atoms with E-state index in [4.69, 9.17) is 4.52 Å². The Morgan fingerprint density at radius 2 is 1.82 bits per heavy atom. The highest BCUT2D eigenvalue weighted by atomic mass is 79.9. The Labute approximate surface area is 230 Å². The summed E-state index contributed by atoms with van der Waals surface area (Å²) in [6.45, 7) is 5.19. The summed E-state index contributed by atoms with van der Waals surface area (Å²) in [5.41, 5.74) is -2.02. The van der Waals surface area contributed by atoms with Crippen molar-refractivity contribution in [2.24, 2.45) is 5.41 Å². The van der Waals surface area contributed by atoms with Gasteiger partial charge in [0.15, 0.2) is 11.5 Å². The van der Waals surface area contributed by atoms with Crippen molar-refractivity contribution >= 4 is 27.6 Å². The molecule has 0 aliphatic heterocycles. The molecule has 0 radical (unpaired) electrons. The van der Waals surface area contributed by atoms with Crippen molar-refractivity contribution in [1.82, 2.24) is 15.5 Å². The van der Waals surface area contributed by atoms with E-state index in [-0.39, 0.29) is 34.6 Å². The molecule has 2 aromatic rings. The zero-order chi connectivity index (χ0) is 27.3. The molecular formula is C28H37BrF2N4O3. The quantitative estimate of drug-likeness (QED) is 0.389. The molecule has 6 rings (SSSR count). The van der Waals surface area contributed by atoms with Crippen LogP contribution in [0.5, 0.6) is 0 Å². The number of benzene rings is 1. The number of carbonyl (C=O) groups excluding carboxylic acids is 1. The molecule has 0 atom stereocenters. The smallest absolute Gasteiger partial charge is 0.322 e. The first kappa shape index (κ1) is 27.5. The number of halogens is 3. The lowest BCUT2D eigenvalue weighted by Crippen LogP contribution is -2.54. The van der Waals surface area contributed by atoms with Crippen LogP contribution in [0.25, 0.3) is 0 Å². The van der Waals surface area contributed by atoms with Gasteiger partial charge in [0.25, 0.3) is 5.89 Å². The summed E-state index contributed by atoms with van der Waals surface area (Å²) in [5.74, 6) is 0.229. The maximum absolute atomic E-state index is 14.4.